The van der Waals surface area contributed by atoms with Crippen molar-refractivity contribution in [1.29, 1.82) is 0 Å². The number of carbonyl (C=O) groups is 1. The van der Waals surface area contributed by atoms with Gasteiger partial charge >= 0.3 is 0 Å². The molecule has 1 heterocycles. The first kappa shape index (κ1) is 20.1. The zero-order valence-corrected chi connectivity index (χ0v) is 20.3. The normalized spacial score (nSPS) is 34.7. The lowest BCUT2D eigenvalue weighted by molar-refractivity contribution is -0.173. The van der Waals surface area contributed by atoms with Crippen molar-refractivity contribution in [2.45, 2.75) is 35.3 Å². The maximum Gasteiger partial charge on any atom is 0.230 e. The van der Waals surface area contributed by atoms with E-state index in [1.807, 2.05) is 17.0 Å². The van der Waals surface area contributed by atoms with Crippen LogP contribution < -0.4 is 4.90 Å². The smallest absolute Gasteiger partial charge is 0.230 e. The van der Waals surface area contributed by atoms with E-state index in [1.54, 1.807) is 0 Å². The average Bonchev–Trinajstić information content (AvgIpc) is 3.12. The summed E-state index contributed by atoms with van der Waals surface area (Å²) in [5.74, 6) is 0.0748. The number of hydrogen-bond acceptors (Lipinski definition) is 2. The number of piperazine rings is 1. The van der Waals surface area contributed by atoms with Gasteiger partial charge in [-0.05, 0) is 42.5 Å². The Bertz CT molecular complexity index is 748. The largest absolute Gasteiger partial charge is 0.368 e. The summed E-state index contributed by atoms with van der Waals surface area (Å²) in [6.45, 7) is 7.50. The maximum atomic E-state index is 13.6. The van der Waals surface area contributed by atoms with E-state index in [9.17, 15) is 9.18 Å². The molecule has 3 aliphatic carbocycles. The molecule has 2 bridgehead atoms. The number of halogens is 4. The Morgan fingerprint density at radius 3 is 2.19 bits per heavy atom. The molecule has 1 aromatic rings. The zero-order valence-electron chi connectivity index (χ0n) is 15.5. The highest BCUT2D eigenvalue weighted by atomic mass is 79.9. The van der Waals surface area contributed by atoms with Crippen LogP contribution in [0.1, 0.15) is 26.7 Å². The van der Waals surface area contributed by atoms with Crippen LogP contribution in [0.5, 0.6) is 0 Å². The molecule has 1 saturated heterocycles. The second-order valence-electron chi connectivity index (χ2n) is 8.56. The monoisotopic (exact) mass is 564 g/mol. The number of rotatable bonds is 3. The predicted octanol–water partition coefficient (Wildman–Crippen LogP) is 5.16. The Balaban J connectivity index is 1.48. The zero-order chi connectivity index (χ0) is 19.6. The molecule has 5 rings (SSSR count). The number of benzene rings is 1. The molecule has 27 heavy (non-hydrogen) atoms. The van der Waals surface area contributed by atoms with Gasteiger partial charge in [0.25, 0.3) is 0 Å². The number of fused-ring (bicyclic) bond motifs is 1. The molecular formula is C20H24Br3FN2O. The van der Waals surface area contributed by atoms with Gasteiger partial charge in [-0.2, -0.15) is 0 Å². The van der Waals surface area contributed by atoms with E-state index in [4.69, 9.17) is 0 Å². The van der Waals surface area contributed by atoms with Gasteiger partial charge < -0.3 is 9.80 Å². The Hall–Kier alpha value is -0.140. The van der Waals surface area contributed by atoms with Crippen molar-refractivity contribution >= 4 is 59.4 Å². The van der Waals surface area contributed by atoms with Crippen LogP contribution in [-0.4, -0.2) is 45.5 Å². The third-order valence-electron chi connectivity index (χ3n) is 7.63. The van der Waals surface area contributed by atoms with Gasteiger partial charge in [-0.3, -0.25) is 4.79 Å². The molecule has 4 fully saturated rings. The third-order valence-corrected chi connectivity index (χ3v) is 10.9. The summed E-state index contributed by atoms with van der Waals surface area (Å²) in [7, 11) is 0. The number of amides is 1. The van der Waals surface area contributed by atoms with Gasteiger partial charge in [-0.15, -0.1) is 0 Å². The lowest BCUT2D eigenvalue weighted by Gasteiger charge is -2.67. The SMILES string of the molecule is CC1(C)[C@@]2(C(=O)N3CCN(c4ccc(F)cc4)CC3)CC[C@@]1(C(Br)Br)[C@@H]2Br. The van der Waals surface area contributed by atoms with E-state index in [0.717, 1.165) is 31.6 Å². The highest BCUT2D eigenvalue weighted by molar-refractivity contribution is 9.24. The number of anilines is 1. The fourth-order valence-corrected chi connectivity index (χ4v) is 10.7. The molecule has 0 aromatic heterocycles. The van der Waals surface area contributed by atoms with E-state index < -0.39 is 0 Å². The van der Waals surface area contributed by atoms with Gasteiger partial charge in [0.05, 0.1) is 9.15 Å². The first-order valence-corrected chi connectivity index (χ1v) is 12.2. The number of hydrogen-bond donors (Lipinski definition) is 0. The molecule has 1 aromatic carbocycles. The highest BCUT2D eigenvalue weighted by Gasteiger charge is 2.83. The van der Waals surface area contributed by atoms with Gasteiger partial charge in [0.2, 0.25) is 5.91 Å². The van der Waals surface area contributed by atoms with Crippen LogP contribution in [0.15, 0.2) is 24.3 Å². The fourth-order valence-electron chi connectivity index (χ4n) is 5.77. The first-order chi connectivity index (χ1) is 12.7. The topological polar surface area (TPSA) is 23.6 Å². The number of alkyl halides is 3. The highest BCUT2D eigenvalue weighted by Crippen LogP contribution is 2.82. The van der Waals surface area contributed by atoms with Crippen LogP contribution in [0.25, 0.3) is 0 Å². The van der Waals surface area contributed by atoms with E-state index in [1.165, 1.54) is 12.1 Å². The van der Waals surface area contributed by atoms with Gasteiger partial charge in [-0.25, -0.2) is 4.39 Å². The van der Waals surface area contributed by atoms with E-state index in [2.05, 4.69) is 66.5 Å². The molecule has 148 valence electrons. The van der Waals surface area contributed by atoms with Gasteiger partial charge in [0, 0.05) is 42.1 Å². The van der Waals surface area contributed by atoms with E-state index >= 15 is 0 Å². The Kier molecular flexibility index (Phi) is 5.00. The third kappa shape index (κ3) is 2.49. The van der Waals surface area contributed by atoms with Gasteiger partial charge in [0.15, 0.2) is 0 Å². The van der Waals surface area contributed by atoms with Crippen molar-refractivity contribution in [1.82, 2.24) is 4.90 Å². The van der Waals surface area contributed by atoms with Crippen molar-refractivity contribution in [3.63, 3.8) is 0 Å². The lowest BCUT2D eigenvalue weighted by Crippen LogP contribution is -2.73. The van der Waals surface area contributed by atoms with E-state index in [-0.39, 0.29) is 30.6 Å². The molecule has 3 atom stereocenters. The molecule has 0 radical (unpaired) electrons. The Labute approximate surface area is 185 Å². The predicted molar refractivity (Wildman–Crippen MR) is 117 cm³/mol. The van der Waals surface area contributed by atoms with Crippen LogP contribution >= 0.6 is 47.8 Å². The summed E-state index contributed by atoms with van der Waals surface area (Å²) in [5.41, 5.74) is 0.672. The standard InChI is InChI=1S/C20H24Br3FN2O/c1-18(2)19(16(22)23)7-8-20(18,15(19)21)17(27)26-11-9-25(10-12-26)14-5-3-13(24)4-6-14/h3-6,15-16H,7-12H2,1-2H3/t15-,19-,20-/m0/s1. The van der Waals surface area contributed by atoms with Crippen molar-refractivity contribution in [2.24, 2.45) is 16.2 Å². The van der Waals surface area contributed by atoms with Crippen molar-refractivity contribution in [2.75, 3.05) is 31.1 Å². The Morgan fingerprint density at radius 2 is 1.70 bits per heavy atom. The number of nitrogens with zero attached hydrogens (tertiary/aromatic N) is 2. The van der Waals surface area contributed by atoms with Crippen LogP contribution in [0, 0.1) is 22.1 Å². The number of carbonyl (C=O) groups excluding carboxylic acids is 1. The van der Waals surface area contributed by atoms with Crippen LogP contribution in [0.3, 0.4) is 0 Å². The second kappa shape index (κ2) is 6.69. The Morgan fingerprint density at radius 1 is 1.11 bits per heavy atom. The molecule has 7 heteroatoms. The summed E-state index contributed by atoms with van der Waals surface area (Å²) in [6, 6.07) is 6.61. The molecule has 3 nitrogen and oxygen atoms in total. The molecule has 4 aliphatic rings. The van der Waals surface area contributed by atoms with Crippen LogP contribution in [0.4, 0.5) is 10.1 Å². The van der Waals surface area contributed by atoms with Crippen molar-refractivity contribution < 1.29 is 9.18 Å². The fraction of sp³-hybridized carbons (Fsp3) is 0.650. The molecule has 1 amide bonds. The van der Waals surface area contributed by atoms with Crippen molar-refractivity contribution in [3.8, 4) is 0 Å². The lowest BCUT2D eigenvalue weighted by atomic mass is 9.43. The molecule has 0 N–H and O–H groups in total. The van der Waals surface area contributed by atoms with Crippen LogP contribution in [-0.2, 0) is 4.79 Å². The minimum absolute atomic E-state index is 0.0542. The van der Waals surface area contributed by atoms with Gasteiger partial charge in [-0.1, -0.05) is 61.6 Å². The summed E-state index contributed by atoms with van der Waals surface area (Å²) < 4.78 is 13.3. The van der Waals surface area contributed by atoms with Crippen molar-refractivity contribution in [3.05, 3.63) is 30.1 Å². The quantitative estimate of drug-likeness (QED) is 0.472. The van der Waals surface area contributed by atoms with Crippen LogP contribution in [0.2, 0.25) is 0 Å². The maximum absolute atomic E-state index is 13.6. The minimum Gasteiger partial charge on any atom is -0.368 e. The molecular weight excluding hydrogens is 543 g/mol. The molecule has 0 spiro atoms. The summed E-state index contributed by atoms with van der Waals surface area (Å²) in [6.07, 6.45) is 1.97. The molecule has 3 saturated carbocycles. The average molecular weight is 567 g/mol. The van der Waals surface area contributed by atoms with Gasteiger partial charge in [0.1, 0.15) is 5.82 Å². The first-order valence-electron chi connectivity index (χ1n) is 9.40. The molecule has 0 unspecified atom stereocenters. The summed E-state index contributed by atoms with van der Waals surface area (Å²) in [4.78, 5) is 18.1. The minimum atomic E-state index is -0.329. The second-order valence-corrected chi connectivity index (χ2v) is 12.5. The van der Waals surface area contributed by atoms with E-state index in [0.29, 0.717) is 19.0 Å². The summed E-state index contributed by atoms with van der Waals surface area (Å²) in [5, 5.41) is 0. The summed E-state index contributed by atoms with van der Waals surface area (Å²) >= 11 is 11.4. The molecule has 1 aliphatic heterocycles.